The molecule has 19 heavy (non-hydrogen) atoms. The van der Waals surface area contributed by atoms with E-state index < -0.39 is 0 Å². The number of aldehydes is 1. The number of thioether (sulfide) groups is 1. The van der Waals surface area contributed by atoms with Crippen LogP contribution in [0.2, 0.25) is 0 Å². The van der Waals surface area contributed by atoms with Gasteiger partial charge in [0.1, 0.15) is 12.0 Å². The number of thiazole rings is 1. The Morgan fingerprint density at radius 2 is 2.11 bits per heavy atom. The molecule has 0 fully saturated rings. The van der Waals surface area contributed by atoms with Crippen molar-refractivity contribution in [2.75, 3.05) is 5.75 Å². The summed E-state index contributed by atoms with van der Waals surface area (Å²) in [6, 6.07) is 7.06. The average molecular weight is 309 g/mol. The minimum absolute atomic E-state index is 0.0345. The number of phenols is 1. The fraction of sp³-hybridized carbons (Fsp3) is 0.231. The average Bonchev–Trinajstić information content (AvgIpc) is 2.79. The van der Waals surface area contributed by atoms with Gasteiger partial charge in [-0.15, -0.1) is 23.1 Å². The van der Waals surface area contributed by atoms with Crippen molar-refractivity contribution in [2.24, 2.45) is 5.92 Å². The summed E-state index contributed by atoms with van der Waals surface area (Å²) in [5.74, 6) is 0.971. The van der Waals surface area contributed by atoms with Gasteiger partial charge < -0.3 is 14.9 Å². The van der Waals surface area contributed by atoms with Gasteiger partial charge in [-0.25, -0.2) is 0 Å². The van der Waals surface area contributed by atoms with Crippen molar-refractivity contribution in [3.63, 3.8) is 0 Å². The van der Waals surface area contributed by atoms with Crippen LogP contribution in [0.4, 0.5) is 0 Å². The molecule has 0 saturated carbocycles. The summed E-state index contributed by atoms with van der Waals surface area (Å²) >= 11 is 8.39. The molecule has 0 saturated heterocycles. The Morgan fingerprint density at radius 3 is 2.79 bits per heavy atom. The summed E-state index contributed by atoms with van der Waals surface area (Å²) in [6.07, 6.45) is 1.02. The molecule has 98 valence electrons. The molecule has 6 heteroatoms. The summed E-state index contributed by atoms with van der Waals surface area (Å²) in [6.45, 7) is 0. The van der Waals surface area contributed by atoms with Gasteiger partial charge in [-0.2, -0.15) is 0 Å². The third-order valence-corrected chi connectivity index (χ3v) is 5.81. The number of hydrogen-bond acceptors (Lipinski definition) is 5. The maximum absolute atomic E-state index is 11.3. The second kappa shape index (κ2) is 5.11. The zero-order valence-corrected chi connectivity index (χ0v) is 12.3. The van der Waals surface area contributed by atoms with Crippen LogP contribution in [0, 0.1) is 9.87 Å². The normalized spacial score (nSPS) is 21.9. The lowest BCUT2D eigenvalue weighted by Gasteiger charge is -2.27. The summed E-state index contributed by atoms with van der Waals surface area (Å²) in [7, 11) is 0. The van der Waals surface area contributed by atoms with E-state index in [1.165, 1.54) is 11.3 Å². The maximum atomic E-state index is 11.3. The molecule has 1 aromatic heterocycles. The van der Waals surface area contributed by atoms with Crippen LogP contribution in [0.1, 0.15) is 16.4 Å². The van der Waals surface area contributed by atoms with Gasteiger partial charge in [-0.1, -0.05) is 12.1 Å². The highest BCUT2D eigenvalue weighted by atomic mass is 32.2. The monoisotopic (exact) mass is 309 g/mol. The molecule has 2 aromatic rings. The third-order valence-electron chi connectivity index (χ3n) is 3.20. The van der Waals surface area contributed by atoms with Crippen molar-refractivity contribution in [2.45, 2.75) is 10.9 Å². The van der Waals surface area contributed by atoms with Crippen molar-refractivity contribution in [1.82, 2.24) is 4.98 Å². The topological polar surface area (TPSA) is 53.1 Å². The lowest BCUT2D eigenvalue weighted by molar-refractivity contribution is -0.110. The van der Waals surface area contributed by atoms with Crippen LogP contribution in [0.3, 0.4) is 0 Å². The fourth-order valence-electron chi connectivity index (χ4n) is 2.31. The second-order valence-electron chi connectivity index (χ2n) is 4.39. The molecule has 2 heterocycles. The van der Waals surface area contributed by atoms with Crippen LogP contribution >= 0.6 is 35.3 Å². The quantitative estimate of drug-likeness (QED) is 0.658. The number of carbonyl (C=O) groups is 1. The Hall–Kier alpha value is -1.11. The van der Waals surface area contributed by atoms with Gasteiger partial charge in [0.05, 0.1) is 5.03 Å². The van der Waals surface area contributed by atoms with Gasteiger partial charge >= 0.3 is 0 Å². The van der Waals surface area contributed by atoms with Gasteiger partial charge in [0.25, 0.3) is 0 Å². The SMILES string of the molecule is O=CC1CSc2[nH]c(=S)sc2C1c1ccc(O)cc1. The molecule has 1 aromatic carbocycles. The molecular weight excluding hydrogens is 298 g/mol. The molecule has 3 rings (SSSR count). The van der Waals surface area contributed by atoms with E-state index in [9.17, 15) is 9.90 Å². The van der Waals surface area contributed by atoms with E-state index in [-0.39, 0.29) is 17.6 Å². The van der Waals surface area contributed by atoms with Crippen LogP contribution in [-0.2, 0) is 4.79 Å². The highest BCUT2D eigenvalue weighted by molar-refractivity contribution is 7.99. The molecule has 2 unspecified atom stereocenters. The van der Waals surface area contributed by atoms with Gasteiger partial charge in [-0.3, -0.25) is 0 Å². The Morgan fingerprint density at radius 1 is 1.37 bits per heavy atom. The summed E-state index contributed by atoms with van der Waals surface area (Å²) < 4.78 is 0.743. The Labute approximate surface area is 123 Å². The molecule has 0 radical (unpaired) electrons. The predicted octanol–water partition coefficient (Wildman–Crippen LogP) is 3.56. The molecule has 1 aliphatic rings. The first-order valence-corrected chi connectivity index (χ1v) is 8.00. The van der Waals surface area contributed by atoms with Crippen molar-refractivity contribution in [3.8, 4) is 5.75 Å². The van der Waals surface area contributed by atoms with Crippen LogP contribution < -0.4 is 0 Å². The number of benzene rings is 1. The first kappa shape index (κ1) is 12.9. The van der Waals surface area contributed by atoms with Crippen molar-refractivity contribution >= 4 is 41.6 Å². The smallest absolute Gasteiger partial charge is 0.159 e. The van der Waals surface area contributed by atoms with Gasteiger partial charge in [0.15, 0.2) is 3.95 Å². The second-order valence-corrected chi connectivity index (χ2v) is 7.14. The zero-order valence-electron chi connectivity index (χ0n) is 9.83. The maximum Gasteiger partial charge on any atom is 0.159 e. The van der Waals surface area contributed by atoms with Crippen molar-refractivity contribution < 1.29 is 9.90 Å². The van der Waals surface area contributed by atoms with E-state index >= 15 is 0 Å². The highest BCUT2D eigenvalue weighted by Gasteiger charge is 2.33. The number of aromatic nitrogens is 1. The number of hydrogen-bond donors (Lipinski definition) is 2. The largest absolute Gasteiger partial charge is 0.508 e. The third kappa shape index (κ3) is 2.35. The zero-order chi connectivity index (χ0) is 13.4. The number of fused-ring (bicyclic) bond motifs is 1. The summed E-state index contributed by atoms with van der Waals surface area (Å²) in [4.78, 5) is 15.6. The standard InChI is InChI=1S/C13H11NO2S3/c15-5-8-6-18-12-11(19-13(17)14-12)10(8)7-1-3-9(16)4-2-7/h1-5,8,10,16H,6H2,(H,14,17). The Kier molecular flexibility index (Phi) is 3.47. The molecule has 0 bridgehead atoms. The molecule has 1 aliphatic heterocycles. The minimum Gasteiger partial charge on any atom is -0.508 e. The van der Waals surface area contributed by atoms with Crippen molar-refractivity contribution in [1.29, 1.82) is 0 Å². The highest BCUT2D eigenvalue weighted by Crippen LogP contribution is 2.45. The van der Waals surface area contributed by atoms with Crippen molar-refractivity contribution in [3.05, 3.63) is 38.7 Å². The van der Waals surface area contributed by atoms with Crippen LogP contribution in [0.5, 0.6) is 5.75 Å². The van der Waals surface area contributed by atoms with Gasteiger partial charge in [0.2, 0.25) is 0 Å². The van der Waals surface area contributed by atoms with Crippen LogP contribution in [0.15, 0.2) is 29.3 Å². The lowest BCUT2D eigenvalue weighted by atomic mass is 9.86. The molecule has 0 amide bonds. The van der Waals surface area contributed by atoms with E-state index in [0.29, 0.717) is 0 Å². The Bertz CT molecular complexity index is 659. The molecule has 0 spiro atoms. The summed E-state index contributed by atoms with van der Waals surface area (Å²) in [5.41, 5.74) is 1.04. The molecule has 0 aliphatic carbocycles. The first-order chi connectivity index (χ1) is 9.19. The molecule has 3 nitrogen and oxygen atoms in total. The molecule has 2 N–H and O–H groups in total. The van der Waals surface area contributed by atoms with Crippen LogP contribution in [0.25, 0.3) is 0 Å². The number of phenolic OH excluding ortho intramolecular Hbond substituents is 1. The van der Waals surface area contributed by atoms with E-state index in [0.717, 1.165) is 31.5 Å². The lowest BCUT2D eigenvalue weighted by Crippen LogP contribution is -2.21. The van der Waals surface area contributed by atoms with E-state index in [4.69, 9.17) is 12.2 Å². The van der Waals surface area contributed by atoms with Crippen LogP contribution in [-0.4, -0.2) is 22.1 Å². The number of rotatable bonds is 2. The minimum atomic E-state index is -0.0523. The van der Waals surface area contributed by atoms with E-state index in [2.05, 4.69) is 4.98 Å². The number of aromatic hydroxyl groups is 1. The number of aromatic amines is 1. The predicted molar refractivity (Wildman–Crippen MR) is 79.7 cm³/mol. The van der Waals surface area contributed by atoms with Gasteiger partial charge in [-0.05, 0) is 29.9 Å². The van der Waals surface area contributed by atoms with Gasteiger partial charge in [0, 0.05) is 22.5 Å². The number of H-pyrrole nitrogens is 1. The Balaban J connectivity index is 2.12. The van der Waals surface area contributed by atoms with E-state index in [1.807, 2.05) is 12.1 Å². The number of carbonyl (C=O) groups excluding carboxylic acids is 1. The van der Waals surface area contributed by atoms with E-state index in [1.54, 1.807) is 23.9 Å². The fourth-order valence-corrected chi connectivity index (χ4v) is 5.12. The number of nitrogens with one attached hydrogen (secondary N) is 1. The summed E-state index contributed by atoms with van der Waals surface area (Å²) in [5, 5.41) is 10.5. The molecular formula is C13H11NO2S3. The first-order valence-electron chi connectivity index (χ1n) is 5.79. The molecule has 2 atom stereocenters.